The van der Waals surface area contributed by atoms with Crippen LogP contribution < -0.4 is 10.1 Å². The number of carbonyl (C=O) groups is 1. The van der Waals surface area contributed by atoms with Crippen molar-refractivity contribution in [3.8, 4) is 5.75 Å². The van der Waals surface area contributed by atoms with Gasteiger partial charge in [-0.25, -0.2) is 4.79 Å². The maximum atomic E-state index is 12.6. The lowest BCUT2D eigenvalue weighted by molar-refractivity contribution is 0.110. The van der Waals surface area contributed by atoms with E-state index in [1.807, 2.05) is 41.3 Å². The van der Waals surface area contributed by atoms with Gasteiger partial charge in [-0.2, -0.15) is 0 Å². The second-order valence-corrected chi connectivity index (χ2v) is 7.61. The third-order valence-corrected chi connectivity index (χ3v) is 5.31. The van der Waals surface area contributed by atoms with E-state index in [1.165, 1.54) is 5.56 Å². The van der Waals surface area contributed by atoms with Crippen molar-refractivity contribution in [3.05, 3.63) is 66.2 Å². The molecule has 0 saturated carbocycles. The molecule has 0 aliphatic carbocycles. The van der Waals surface area contributed by atoms with Gasteiger partial charge in [0.25, 0.3) is 0 Å². The third kappa shape index (κ3) is 5.99. The Bertz CT molecular complexity index is 713. The molecule has 1 N–H and O–H groups in total. The highest BCUT2D eigenvalue weighted by Gasteiger charge is 2.24. The monoisotopic (exact) mass is 381 g/mol. The van der Waals surface area contributed by atoms with Crippen molar-refractivity contribution in [1.29, 1.82) is 0 Å². The number of para-hydroxylation sites is 1. The topological polar surface area (TPSA) is 44.8 Å². The molecule has 2 aromatic rings. The Balaban J connectivity index is 1.43. The highest BCUT2D eigenvalue weighted by Crippen LogP contribution is 2.18. The van der Waals surface area contributed by atoms with E-state index in [-0.39, 0.29) is 18.2 Å². The number of piperidine rings is 1. The maximum Gasteiger partial charge on any atom is 0.317 e. The first-order valence-corrected chi connectivity index (χ1v) is 10.1. The standard InChI is InChI=1S/C23H31N3O2/c1-25(2)20(17-19-9-5-3-6-10-19)18-24-23(27)26-15-13-22(14-16-26)28-21-11-7-4-8-12-21/h3-12,20,22H,13-18H2,1-2H3,(H,24,27). The Hall–Kier alpha value is -2.53. The summed E-state index contributed by atoms with van der Waals surface area (Å²) in [6.45, 7) is 2.10. The van der Waals surface area contributed by atoms with Gasteiger partial charge in [0.1, 0.15) is 11.9 Å². The normalized spacial score (nSPS) is 16.0. The van der Waals surface area contributed by atoms with Crippen molar-refractivity contribution < 1.29 is 9.53 Å². The van der Waals surface area contributed by atoms with Crippen molar-refractivity contribution in [2.24, 2.45) is 0 Å². The zero-order chi connectivity index (χ0) is 19.8. The van der Waals surface area contributed by atoms with Crippen LogP contribution in [0.15, 0.2) is 60.7 Å². The van der Waals surface area contributed by atoms with E-state index in [1.54, 1.807) is 0 Å². The largest absolute Gasteiger partial charge is 0.490 e. The Morgan fingerprint density at radius 3 is 2.29 bits per heavy atom. The molecule has 1 unspecified atom stereocenters. The highest BCUT2D eigenvalue weighted by atomic mass is 16.5. The van der Waals surface area contributed by atoms with Gasteiger partial charge in [0.2, 0.25) is 0 Å². The van der Waals surface area contributed by atoms with E-state index in [4.69, 9.17) is 4.74 Å². The summed E-state index contributed by atoms with van der Waals surface area (Å²) in [5, 5.41) is 3.12. The SMILES string of the molecule is CN(C)C(CNC(=O)N1CCC(Oc2ccccc2)CC1)Cc1ccccc1. The second-order valence-electron chi connectivity index (χ2n) is 7.61. The van der Waals surface area contributed by atoms with Crippen LogP contribution in [0.5, 0.6) is 5.75 Å². The minimum Gasteiger partial charge on any atom is -0.490 e. The number of hydrogen-bond acceptors (Lipinski definition) is 3. The minimum absolute atomic E-state index is 0.0260. The van der Waals surface area contributed by atoms with Crippen molar-refractivity contribution in [2.75, 3.05) is 33.7 Å². The quantitative estimate of drug-likeness (QED) is 0.799. The van der Waals surface area contributed by atoms with Gasteiger partial charge in [-0.3, -0.25) is 0 Å². The molecule has 1 aliphatic heterocycles. The predicted octanol–water partition coefficient (Wildman–Crippen LogP) is 3.41. The molecule has 28 heavy (non-hydrogen) atoms. The zero-order valence-corrected chi connectivity index (χ0v) is 16.9. The summed E-state index contributed by atoms with van der Waals surface area (Å²) in [6.07, 6.45) is 2.83. The molecule has 5 nitrogen and oxygen atoms in total. The fourth-order valence-corrected chi connectivity index (χ4v) is 3.51. The number of rotatable bonds is 7. The molecule has 0 aromatic heterocycles. The molecule has 1 atom stereocenters. The van der Waals surface area contributed by atoms with Gasteiger partial charge in [0.15, 0.2) is 0 Å². The number of nitrogens with one attached hydrogen (secondary N) is 1. The number of likely N-dealkylation sites (N-methyl/N-ethyl adjacent to an activating group) is 1. The first-order chi connectivity index (χ1) is 13.6. The summed E-state index contributed by atoms with van der Waals surface area (Å²) < 4.78 is 6.01. The zero-order valence-electron chi connectivity index (χ0n) is 16.9. The van der Waals surface area contributed by atoms with E-state index < -0.39 is 0 Å². The molecule has 0 radical (unpaired) electrons. The molecule has 150 valence electrons. The Morgan fingerprint density at radius 1 is 1.07 bits per heavy atom. The molecular formula is C23H31N3O2. The summed E-state index contributed by atoms with van der Waals surface area (Å²) in [5.74, 6) is 0.903. The van der Waals surface area contributed by atoms with Crippen LogP contribution in [0.3, 0.4) is 0 Å². The molecule has 0 bridgehead atoms. The van der Waals surface area contributed by atoms with Crippen LogP contribution in [0, 0.1) is 0 Å². The van der Waals surface area contributed by atoms with E-state index in [2.05, 4.69) is 48.6 Å². The Labute approximate surface area is 168 Å². The number of amides is 2. The molecular weight excluding hydrogens is 350 g/mol. The lowest BCUT2D eigenvalue weighted by atomic mass is 10.1. The van der Waals surface area contributed by atoms with E-state index in [0.717, 1.165) is 38.1 Å². The van der Waals surface area contributed by atoms with Crippen LogP contribution in [-0.4, -0.2) is 61.7 Å². The molecule has 3 rings (SSSR count). The van der Waals surface area contributed by atoms with Crippen LogP contribution >= 0.6 is 0 Å². The first-order valence-electron chi connectivity index (χ1n) is 10.1. The average Bonchev–Trinajstić information content (AvgIpc) is 2.73. The number of nitrogens with zero attached hydrogens (tertiary/aromatic N) is 2. The summed E-state index contributed by atoms with van der Waals surface area (Å²) in [5.41, 5.74) is 1.29. The molecule has 0 spiro atoms. The van der Waals surface area contributed by atoms with Crippen molar-refractivity contribution >= 4 is 6.03 Å². The lowest BCUT2D eigenvalue weighted by Gasteiger charge is -2.33. The fourth-order valence-electron chi connectivity index (χ4n) is 3.51. The summed E-state index contributed by atoms with van der Waals surface area (Å²) in [7, 11) is 4.12. The first kappa shape index (κ1) is 20.2. The van der Waals surface area contributed by atoms with Crippen LogP contribution in [0.2, 0.25) is 0 Å². The fraction of sp³-hybridized carbons (Fsp3) is 0.435. The molecule has 1 heterocycles. The molecule has 1 saturated heterocycles. The van der Waals surface area contributed by atoms with Gasteiger partial charge in [0.05, 0.1) is 0 Å². The van der Waals surface area contributed by atoms with Gasteiger partial charge in [-0.1, -0.05) is 48.5 Å². The second kappa shape index (κ2) is 10.1. The highest BCUT2D eigenvalue weighted by molar-refractivity contribution is 5.74. The smallest absolute Gasteiger partial charge is 0.317 e. The molecule has 5 heteroatoms. The number of likely N-dealkylation sites (tertiary alicyclic amines) is 1. The summed E-state index contributed by atoms with van der Waals surface area (Å²) >= 11 is 0. The minimum atomic E-state index is 0.0260. The van der Waals surface area contributed by atoms with Crippen molar-refractivity contribution in [1.82, 2.24) is 15.1 Å². The summed E-state index contributed by atoms with van der Waals surface area (Å²) in [4.78, 5) is 16.7. The van der Waals surface area contributed by atoms with Gasteiger partial charge in [-0.05, 0) is 38.2 Å². The van der Waals surface area contributed by atoms with Crippen molar-refractivity contribution in [3.63, 3.8) is 0 Å². The van der Waals surface area contributed by atoms with E-state index in [0.29, 0.717) is 6.54 Å². The van der Waals surface area contributed by atoms with E-state index in [9.17, 15) is 4.79 Å². The Kier molecular flexibility index (Phi) is 7.31. The van der Waals surface area contributed by atoms with Crippen molar-refractivity contribution in [2.45, 2.75) is 31.4 Å². The number of urea groups is 1. The molecule has 2 amide bonds. The number of ether oxygens (including phenoxy) is 1. The number of hydrogen-bond donors (Lipinski definition) is 1. The molecule has 1 fully saturated rings. The van der Waals surface area contributed by atoms with Crippen LogP contribution in [0.1, 0.15) is 18.4 Å². The summed E-state index contributed by atoms with van der Waals surface area (Å²) in [6, 6.07) is 20.6. The third-order valence-electron chi connectivity index (χ3n) is 5.31. The van der Waals surface area contributed by atoms with E-state index >= 15 is 0 Å². The number of benzene rings is 2. The average molecular weight is 382 g/mol. The van der Waals surface area contributed by atoms with Crippen LogP contribution in [0.4, 0.5) is 4.79 Å². The van der Waals surface area contributed by atoms with Gasteiger partial charge >= 0.3 is 6.03 Å². The molecule has 2 aromatic carbocycles. The lowest BCUT2D eigenvalue weighted by Crippen LogP contribution is -2.50. The number of carbonyl (C=O) groups excluding carboxylic acids is 1. The van der Waals surface area contributed by atoms with Gasteiger partial charge in [-0.15, -0.1) is 0 Å². The molecule has 1 aliphatic rings. The van der Waals surface area contributed by atoms with Gasteiger partial charge in [0, 0.05) is 38.5 Å². The predicted molar refractivity (Wildman–Crippen MR) is 113 cm³/mol. The Morgan fingerprint density at radius 2 is 1.68 bits per heavy atom. The van der Waals surface area contributed by atoms with Crippen LogP contribution in [0.25, 0.3) is 0 Å². The maximum absolute atomic E-state index is 12.6. The van der Waals surface area contributed by atoms with Gasteiger partial charge < -0.3 is 19.9 Å². The van der Waals surface area contributed by atoms with Crippen LogP contribution in [-0.2, 0) is 6.42 Å².